The highest BCUT2D eigenvalue weighted by Crippen LogP contribution is 2.28. The fourth-order valence-electron chi connectivity index (χ4n) is 2.30. The molecule has 1 fully saturated rings. The lowest BCUT2D eigenvalue weighted by Gasteiger charge is -2.26. The van der Waals surface area contributed by atoms with Crippen LogP contribution in [0.5, 0.6) is 0 Å². The molecular formula is C13H24O. The minimum atomic E-state index is -0.0501. The van der Waals surface area contributed by atoms with E-state index in [1.807, 2.05) is 0 Å². The second-order valence-electron chi connectivity index (χ2n) is 4.82. The van der Waals surface area contributed by atoms with Gasteiger partial charge >= 0.3 is 0 Å². The van der Waals surface area contributed by atoms with Crippen molar-refractivity contribution in [2.24, 2.45) is 5.92 Å². The zero-order valence-electron chi connectivity index (χ0n) is 9.63. The van der Waals surface area contributed by atoms with Crippen LogP contribution in [0.15, 0.2) is 11.6 Å². The van der Waals surface area contributed by atoms with Gasteiger partial charge in [-0.2, -0.15) is 0 Å². The molecule has 14 heavy (non-hydrogen) atoms. The van der Waals surface area contributed by atoms with Crippen LogP contribution in [0.4, 0.5) is 0 Å². The summed E-state index contributed by atoms with van der Waals surface area (Å²) >= 11 is 0. The van der Waals surface area contributed by atoms with Crippen LogP contribution in [-0.2, 0) is 0 Å². The molecule has 0 saturated heterocycles. The first-order valence-electron chi connectivity index (χ1n) is 6.01. The Morgan fingerprint density at radius 3 is 2.50 bits per heavy atom. The van der Waals surface area contributed by atoms with E-state index in [-0.39, 0.29) is 6.10 Å². The summed E-state index contributed by atoms with van der Waals surface area (Å²) in [6, 6.07) is 0. The van der Waals surface area contributed by atoms with E-state index in [0.717, 1.165) is 12.8 Å². The quantitative estimate of drug-likeness (QED) is 0.680. The SMILES string of the molecule is CC(C)=CCCC(O)C1CCCCC1. The molecule has 82 valence electrons. The van der Waals surface area contributed by atoms with Crippen molar-refractivity contribution in [1.82, 2.24) is 0 Å². The van der Waals surface area contributed by atoms with Gasteiger partial charge in [0.15, 0.2) is 0 Å². The van der Waals surface area contributed by atoms with E-state index in [4.69, 9.17) is 0 Å². The Hall–Kier alpha value is -0.300. The van der Waals surface area contributed by atoms with Gasteiger partial charge in [-0.3, -0.25) is 0 Å². The number of aliphatic hydroxyl groups is 1. The highest BCUT2D eigenvalue weighted by Gasteiger charge is 2.20. The molecular weight excluding hydrogens is 172 g/mol. The molecule has 1 N–H and O–H groups in total. The average Bonchev–Trinajstić information content (AvgIpc) is 2.18. The lowest BCUT2D eigenvalue weighted by Crippen LogP contribution is -2.22. The van der Waals surface area contributed by atoms with Gasteiger partial charge in [0.05, 0.1) is 6.10 Å². The summed E-state index contributed by atoms with van der Waals surface area (Å²) < 4.78 is 0. The van der Waals surface area contributed by atoms with E-state index in [2.05, 4.69) is 19.9 Å². The van der Waals surface area contributed by atoms with Crippen LogP contribution in [0.25, 0.3) is 0 Å². The minimum Gasteiger partial charge on any atom is -0.393 e. The summed E-state index contributed by atoms with van der Waals surface area (Å²) in [5.41, 5.74) is 1.36. The van der Waals surface area contributed by atoms with Crippen molar-refractivity contribution in [2.45, 2.75) is 64.9 Å². The Morgan fingerprint density at radius 2 is 1.93 bits per heavy atom. The molecule has 1 atom stereocenters. The van der Waals surface area contributed by atoms with Crippen LogP contribution in [0.1, 0.15) is 58.8 Å². The molecule has 0 aromatic heterocycles. The van der Waals surface area contributed by atoms with Crippen molar-refractivity contribution >= 4 is 0 Å². The molecule has 0 radical (unpaired) electrons. The third kappa shape index (κ3) is 4.28. The van der Waals surface area contributed by atoms with Gasteiger partial charge in [0, 0.05) is 0 Å². The molecule has 1 heteroatoms. The van der Waals surface area contributed by atoms with Crippen LogP contribution in [-0.4, -0.2) is 11.2 Å². The molecule has 0 aliphatic heterocycles. The van der Waals surface area contributed by atoms with Crippen molar-refractivity contribution in [1.29, 1.82) is 0 Å². The Bertz CT molecular complexity index is 174. The third-order valence-corrected chi connectivity index (χ3v) is 3.21. The van der Waals surface area contributed by atoms with Gasteiger partial charge in [-0.25, -0.2) is 0 Å². The fourth-order valence-corrected chi connectivity index (χ4v) is 2.30. The molecule has 0 bridgehead atoms. The van der Waals surface area contributed by atoms with Crippen LogP contribution >= 0.6 is 0 Å². The van der Waals surface area contributed by atoms with Gasteiger partial charge in [0.25, 0.3) is 0 Å². The maximum atomic E-state index is 9.96. The fraction of sp³-hybridized carbons (Fsp3) is 0.846. The Labute approximate surface area is 88.2 Å². The Balaban J connectivity index is 2.19. The molecule has 1 aliphatic rings. The second kappa shape index (κ2) is 6.23. The largest absolute Gasteiger partial charge is 0.393 e. The number of rotatable bonds is 4. The monoisotopic (exact) mass is 196 g/mol. The number of hydrogen-bond donors (Lipinski definition) is 1. The van der Waals surface area contributed by atoms with E-state index in [1.54, 1.807) is 0 Å². The molecule has 1 rings (SSSR count). The van der Waals surface area contributed by atoms with Crippen molar-refractivity contribution in [3.05, 3.63) is 11.6 Å². The van der Waals surface area contributed by atoms with Gasteiger partial charge in [-0.1, -0.05) is 30.9 Å². The van der Waals surface area contributed by atoms with E-state index < -0.39 is 0 Å². The molecule has 1 nitrogen and oxygen atoms in total. The topological polar surface area (TPSA) is 20.2 Å². The first-order valence-corrected chi connectivity index (χ1v) is 6.01. The van der Waals surface area contributed by atoms with E-state index in [0.29, 0.717) is 5.92 Å². The Morgan fingerprint density at radius 1 is 1.29 bits per heavy atom. The molecule has 0 heterocycles. The van der Waals surface area contributed by atoms with Crippen molar-refractivity contribution in [3.63, 3.8) is 0 Å². The lowest BCUT2D eigenvalue weighted by atomic mass is 9.84. The number of allylic oxidation sites excluding steroid dienone is 2. The van der Waals surface area contributed by atoms with Crippen LogP contribution < -0.4 is 0 Å². The minimum absolute atomic E-state index is 0.0501. The van der Waals surface area contributed by atoms with Crippen LogP contribution in [0, 0.1) is 5.92 Å². The summed E-state index contributed by atoms with van der Waals surface area (Å²) in [5, 5.41) is 9.96. The van der Waals surface area contributed by atoms with E-state index in [9.17, 15) is 5.11 Å². The summed E-state index contributed by atoms with van der Waals surface area (Å²) in [4.78, 5) is 0. The normalized spacial score (nSPS) is 20.5. The summed E-state index contributed by atoms with van der Waals surface area (Å²) in [7, 11) is 0. The average molecular weight is 196 g/mol. The summed E-state index contributed by atoms with van der Waals surface area (Å²) in [6.45, 7) is 4.24. The van der Waals surface area contributed by atoms with Gasteiger partial charge < -0.3 is 5.11 Å². The van der Waals surface area contributed by atoms with Crippen molar-refractivity contribution < 1.29 is 5.11 Å². The lowest BCUT2D eigenvalue weighted by molar-refractivity contribution is 0.0781. The standard InChI is InChI=1S/C13H24O/c1-11(2)7-6-10-13(14)12-8-4-3-5-9-12/h7,12-14H,3-6,8-10H2,1-2H3. The van der Waals surface area contributed by atoms with Crippen molar-refractivity contribution in [2.75, 3.05) is 0 Å². The highest BCUT2D eigenvalue weighted by atomic mass is 16.3. The molecule has 1 saturated carbocycles. The van der Waals surface area contributed by atoms with Crippen LogP contribution in [0.3, 0.4) is 0 Å². The van der Waals surface area contributed by atoms with Gasteiger partial charge in [0.1, 0.15) is 0 Å². The summed E-state index contributed by atoms with van der Waals surface area (Å²) in [6.07, 6.45) is 10.7. The van der Waals surface area contributed by atoms with E-state index >= 15 is 0 Å². The molecule has 1 unspecified atom stereocenters. The number of hydrogen-bond acceptors (Lipinski definition) is 1. The molecule has 0 aromatic carbocycles. The maximum absolute atomic E-state index is 9.96. The smallest absolute Gasteiger partial charge is 0.0571 e. The van der Waals surface area contributed by atoms with Gasteiger partial charge in [0.2, 0.25) is 0 Å². The number of aliphatic hydroxyl groups excluding tert-OH is 1. The molecule has 1 aliphatic carbocycles. The highest BCUT2D eigenvalue weighted by molar-refractivity contribution is 4.93. The predicted octanol–water partition coefficient (Wildman–Crippen LogP) is 3.67. The van der Waals surface area contributed by atoms with Gasteiger partial charge in [-0.15, -0.1) is 0 Å². The zero-order valence-corrected chi connectivity index (χ0v) is 9.63. The predicted molar refractivity (Wildman–Crippen MR) is 61.2 cm³/mol. The van der Waals surface area contributed by atoms with Crippen LogP contribution in [0.2, 0.25) is 0 Å². The third-order valence-electron chi connectivity index (χ3n) is 3.21. The maximum Gasteiger partial charge on any atom is 0.0571 e. The van der Waals surface area contributed by atoms with Crippen molar-refractivity contribution in [3.8, 4) is 0 Å². The Kier molecular flexibility index (Phi) is 5.24. The molecule has 0 aromatic rings. The first-order chi connectivity index (χ1) is 6.70. The van der Waals surface area contributed by atoms with Gasteiger partial charge in [-0.05, 0) is 45.4 Å². The van der Waals surface area contributed by atoms with E-state index in [1.165, 1.54) is 37.7 Å². The second-order valence-corrected chi connectivity index (χ2v) is 4.82. The molecule has 0 amide bonds. The summed E-state index contributed by atoms with van der Waals surface area (Å²) in [5.74, 6) is 0.592. The zero-order chi connectivity index (χ0) is 10.4. The first kappa shape index (κ1) is 11.8. The molecule has 0 spiro atoms.